The number of rotatable bonds is 6. The van der Waals surface area contributed by atoms with E-state index in [4.69, 9.17) is 0 Å². The summed E-state index contributed by atoms with van der Waals surface area (Å²) < 4.78 is 28.5. The number of aromatic nitrogens is 4. The zero-order chi connectivity index (χ0) is 23.0. The van der Waals surface area contributed by atoms with Crippen LogP contribution in [-0.4, -0.2) is 50.7 Å². The van der Waals surface area contributed by atoms with E-state index in [-0.39, 0.29) is 17.0 Å². The van der Waals surface area contributed by atoms with Gasteiger partial charge in [-0.1, -0.05) is 42.1 Å². The Bertz CT molecular complexity index is 1450. The average Bonchev–Trinajstić information content (AvgIpc) is 3.33. The highest BCUT2D eigenvalue weighted by Crippen LogP contribution is 2.32. The number of pyridine rings is 1. The van der Waals surface area contributed by atoms with Gasteiger partial charge in [0.15, 0.2) is 11.0 Å². The zero-order valence-corrected chi connectivity index (χ0v) is 19.3. The van der Waals surface area contributed by atoms with Crippen molar-refractivity contribution in [3.05, 3.63) is 84.2 Å². The summed E-state index contributed by atoms with van der Waals surface area (Å²) in [5, 5.41) is 9.35. The second kappa shape index (κ2) is 8.45. The second-order valence-corrected chi connectivity index (χ2v) is 10.3. The third-order valence-electron chi connectivity index (χ3n) is 5.35. The minimum Gasteiger partial charge on any atom is -0.270 e. The van der Waals surface area contributed by atoms with Crippen LogP contribution in [0.1, 0.15) is 15.9 Å². The maximum atomic E-state index is 12.8. The largest absolute Gasteiger partial charge is 0.270 e. The summed E-state index contributed by atoms with van der Waals surface area (Å²) in [5.41, 5.74) is 2.98. The summed E-state index contributed by atoms with van der Waals surface area (Å²) in [4.78, 5) is 16.9. The van der Waals surface area contributed by atoms with E-state index in [0.717, 1.165) is 21.1 Å². The lowest BCUT2D eigenvalue weighted by Gasteiger charge is -2.15. The van der Waals surface area contributed by atoms with Crippen molar-refractivity contribution < 1.29 is 13.2 Å². The standard InChI is InChI=1S/C23H19N5O3S2/c1-16-7-2-4-10-19(16)28-21(17-8-6-12-24-15-17)25-26-23(28)32-14-13-27-22(29)18-9-3-5-11-20(18)33(27,30)31/h2-12,15H,13-14H2,1H3. The number of amides is 1. The first-order chi connectivity index (χ1) is 16.0. The highest BCUT2D eigenvalue weighted by atomic mass is 32.2. The highest BCUT2D eigenvalue weighted by molar-refractivity contribution is 7.99. The molecule has 0 radical (unpaired) electrons. The molecule has 166 valence electrons. The molecule has 5 rings (SSSR count). The number of para-hydroxylation sites is 1. The molecule has 0 unspecified atom stereocenters. The average molecular weight is 478 g/mol. The van der Waals surface area contributed by atoms with Crippen LogP contribution >= 0.6 is 11.8 Å². The van der Waals surface area contributed by atoms with Crippen LogP contribution in [0.15, 0.2) is 83.1 Å². The van der Waals surface area contributed by atoms with Crippen LogP contribution in [0.3, 0.4) is 0 Å². The van der Waals surface area contributed by atoms with E-state index in [2.05, 4.69) is 15.2 Å². The molecule has 0 aliphatic carbocycles. The van der Waals surface area contributed by atoms with Gasteiger partial charge in [0, 0.05) is 30.3 Å². The molecule has 0 N–H and O–H groups in total. The van der Waals surface area contributed by atoms with Crippen LogP contribution in [-0.2, 0) is 10.0 Å². The molecule has 0 spiro atoms. The minimum absolute atomic E-state index is 0.0311. The van der Waals surface area contributed by atoms with Crippen molar-refractivity contribution in [3.8, 4) is 17.1 Å². The molecule has 1 amide bonds. The van der Waals surface area contributed by atoms with Crippen molar-refractivity contribution in [3.63, 3.8) is 0 Å². The first-order valence-corrected chi connectivity index (χ1v) is 12.6. The van der Waals surface area contributed by atoms with Crippen LogP contribution in [0.5, 0.6) is 0 Å². The van der Waals surface area contributed by atoms with Crippen LogP contribution in [0.25, 0.3) is 17.1 Å². The summed E-state index contributed by atoms with van der Waals surface area (Å²) in [6, 6.07) is 17.9. The molecule has 3 heterocycles. The maximum Gasteiger partial charge on any atom is 0.269 e. The lowest BCUT2D eigenvalue weighted by atomic mass is 10.2. The lowest BCUT2D eigenvalue weighted by Crippen LogP contribution is -2.32. The number of hydrogen-bond donors (Lipinski definition) is 0. The van der Waals surface area contributed by atoms with Crippen molar-refractivity contribution >= 4 is 27.7 Å². The first-order valence-electron chi connectivity index (χ1n) is 10.2. The van der Waals surface area contributed by atoms with E-state index < -0.39 is 15.9 Å². The lowest BCUT2D eigenvalue weighted by molar-refractivity contribution is 0.0876. The summed E-state index contributed by atoms with van der Waals surface area (Å²) in [7, 11) is -3.84. The van der Waals surface area contributed by atoms with Crippen molar-refractivity contribution in [1.82, 2.24) is 24.1 Å². The molecule has 0 bridgehead atoms. The van der Waals surface area contributed by atoms with Gasteiger partial charge in [0.05, 0.1) is 11.3 Å². The van der Waals surface area contributed by atoms with E-state index in [1.165, 1.54) is 23.9 Å². The predicted octanol–water partition coefficient (Wildman–Crippen LogP) is 3.57. The van der Waals surface area contributed by atoms with Gasteiger partial charge in [-0.05, 0) is 42.8 Å². The minimum atomic E-state index is -3.84. The van der Waals surface area contributed by atoms with Gasteiger partial charge >= 0.3 is 0 Å². The monoisotopic (exact) mass is 477 g/mol. The fourth-order valence-corrected chi connectivity index (χ4v) is 6.30. The predicted molar refractivity (Wildman–Crippen MR) is 125 cm³/mol. The molecule has 0 fully saturated rings. The fourth-order valence-electron chi connectivity index (χ4n) is 3.75. The number of hydrogen-bond acceptors (Lipinski definition) is 7. The molecule has 0 saturated heterocycles. The van der Waals surface area contributed by atoms with Gasteiger partial charge in [-0.25, -0.2) is 12.7 Å². The smallest absolute Gasteiger partial charge is 0.269 e. The molecule has 8 nitrogen and oxygen atoms in total. The van der Waals surface area contributed by atoms with Crippen molar-refractivity contribution in [2.24, 2.45) is 0 Å². The van der Waals surface area contributed by atoms with Crippen LogP contribution in [0, 0.1) is 6.92 Å². The number of aryl methyl sites for hydroxylation is 1. The van der Waals surface area contributed by atoms with Gasteiger partial charge in [0.25, 0.3) is 15.9 Å². The molecule has 0 atom stereocenters. The van der Waals surface area contributed by atoms with Gasteiger partial charge < -0.3 is 0 Å². The van der Waals surface area contributed by atoms with E-state index >= 15 is 0 Å². The molecule has 2 aromatic carbocycles. The summed E-state index contributed by atoms with van der Waals surface area (Å²) in [6.45, 7) is 2.03. The molecule has 0 saturated carbocycles. The Hall–Kier alpha value is -3.50. The Morgan fingerprint density at radius 2 is 1.76 bits per heavy atom. The molecular weight excluding hydrogens is 458 g/mol. The molecule has 33 heavy (non-hydrogen) atoms. The number of carbonyl (C=O) groups excluding carboxylic acids is 1. The number of sulfonamides is 1. The maximum absolute atomic E-state index is 12.8. The zero-order valence-electron chi connectivity index (χ0n) is 17.6. The third-order valence-corrected chi connectivity index (χ3v) is 8.10. The third kappa shape index (κ3) is 3.70. The molecule has 1 aliphatic rings. The number of nitrogens with zero attached hydrogens (tertiary/aromatic N) is 5. The normalized spacial score (nSPS) is 14.5. The molecule has 4 aromatic rings. The Balaban J connectivity index is 1.44. The Labute approximate surface area is 195 Å². The van der Waals surface area contributed by atoms with Crippen molar-refractivity contribution in [2.75, 3.05) is 12.3 Å². The summed E-state index contributed by atoms with van der Waals surface area (Å²) >= 11 is 1.35. The first kappa shape index (κ1) is 21.4. The summed E-state index contributed by atoms with van der Waals surface area (Å²) in [6.07, 6.45) is 3.42. The molecule has 10 heteroatoms. The van der Waals surface area contributed by atoms with Gasteiger partial charge in [0.1, 0.15) is 4.90 Å². The van der Waals surface area contributed by atoms with E-state index in [9.17, 15) is 13.2 Å². The van der Waals surface area contributed by atoms with E-state index in [1.54, 1.807) is 24.5 Å². The number of thioether (sulfide) groups is 1. The Morgan fingerprint density at radius 3 is 2.52 bits per heavy atom. The topological polar surface area (TPSA) is 98.1 Å². The van der Waals surface area contributed by atoms with Crippen molar-refractivity contribution in [1.29, 1.82) is 0 Å². The van der Waals surface area contributed by atoms with Crippen molar-refractivity contribution in [2.45, 2.75) is 17.0 Å². The van der Waals surface area contributed by atoms with E-state index in [0.29, 0.717) is 16.7 Å². The number of carbonyl (C=O) groups is 1. The van der Waals surface area contributed by atoms with Crippen LogP contribution < -0.4 is 0 Å². The van der Waals surface area contributed by atoms with Gasteiger partial charge in [0.2, 0.25) is 0 Å². The second-order valence-electron chi connectivity index (χ2n) is 7.40. The van der Waals surface area contributed by atoms with Gasteiger partial charge in [-0.2, -0.15) is 0 Å². The Kier molecular flexibility index (Phi) is 5.47. The SMILES string of the molecule is Cc1ccccc1-n1c(SCCN2C(=O)c3ccccc3S2(=O)=O)nnc1-c1cccnc1. The molecular formula is C23H19N5O3S2. The molecule has 2 aromatic heterocycles. The van der Waals surface area contributed by atoms with Crippen LogP contribution in [0.2, 0.25) is 0 Å². The fraction of sp³-hybridized carbons (Fsp3) is 0.130. The van der Waals surface area contributed by atoms with E-state index in [1.807, 2.05) is 47.9 Å². The number of benzene rings is 2. The quantitative estimate of drug-likeness (QED) is 0.392. The van der Waals surface area contributed by atoms with Gasteiger partial charge in [-0.15, -0.1) is 10.2 Å². The highest BCUT2D eigenvalue weighted by Gasteiger charge is 2.40. The number of fused-ring (bicyclic) bond motifs is 1. The Morgan fingerprint density at radius 1 is 0.970 bits per heavy atom. The summed E-state index contributed by atoms with van der Waals surface area (Å²) in [5.74, 6) is 0.468. The molecule has 1 aliphatic heterocycles. The van der Waals surface area contributed by atoms with Gasteiger partial charge in [-0.3, -0.25) is 14.3 Å². The van der Waals surface area contributed by atoms with Crippen LogP contribution in [0.4, 0.5) is 0 Å².